The molecule has 1 fully saturated rings. The molecule has 0 aromatic carbocycles. The van der Waals surface area contributed by atoms with Crippen LogP contribution in [0.4, 0.5) is 0 Å². The maximum Gasteiger partial charge on any atom is 0.254 e. The predicted molar refractivity (Wildman–Crippen MR) is 65.2 cm³/mol. The largest absolute Gasteiger partial charge is 0.369 e. The molecule has 1 saturated heterocycles. The third-order valence-corrected chi connectivity index (χ3v) is 4.20. The van der Waals surface area contributed by atoms with Crippen molar-refractivity contribution in [3.8, 4) is 0 Å². The van der Waals surface area contributed by atoms with Crippen LogP contribution in [0, 0.1) is 5.92 Å². The Balaban J connectivity index is 2.05. The molecular weight excluding hydrogens is 292 g/mol. The lowest BCUT2D eigenvalue weighted by atomic mass is 10.1. The molecule has 1 aromatic rings. The molecule has 0 aliphatic carbocycles. The van der Waals surface area contributed by atoms with E-state index >= 15 is 0 Å². The van der Waals surface area contributed by atoms with Gasteiger partial charge in [-0.2, -0.15) is 0 Å². The first kappa shape index (κ1) is 11.6. The van der Waals surface area contributed by atoms with Crippen LogP contribution in [-0.4, -0.2) is 29.8 Å². The van der Waals surface area contributed by atoms with Crippen LogP contribution in [0.5, 0.6) is 0 Å². The molecule has 1 atom stereocenters. The number of primary amides is 1. The number of halogens is 1. The molecule has 1 aromatic heterocycles. The van der Waals surface area contributed by atoms with E-state index in [0.717, 1.165) is 3.79 Å². The third-order valence-electron chi connectivity index (χ3n) is 2.69. The molecule has 6 heteroatoms. The molecule has 4 nitrogen and oxygen atoms in total. The second-order valence-electron chi connectivity index (χ2n) is 3.78. The molecule has 1 aliphatic heterocycles. The zero-order valence-corrected chi connectivity index (χ0v) is 10.9. The van der Waals surface area contributed by atoms with Gasteiger partial charge in [-0.3, -0.25) is 9.59 Å². The number of amides is 2. The number of carbonyl (C=O) groups is 2. The summed E-state index contributed by atoms with van der Waals surface area (Å²) in [6.07, 6.45) is 0.673. The van der Waals surface area contributed by atoms with Crippen LogP contribution in [0.15, 0.2) is 15.2 Å². The predicted octanol–water partition coefficient (Wildman–Crippen LogP) is 1.46. The van der Waals surface area contributed by atoms with Crippen molar-refractivity contribution in [1.29, 1.82) is 0 Å². The number of hydrogen-bond acceptors (Lipinski definition) is 3. The van der Waals surface area contributed by atoms with Crippen molar-refractivity contribution >= 4 is 39.1 Å². The van der Waals surface area contributed by atoms with E-state index in [-0.39, 0.29) is 17.7 Å². The Morgan fingerprint density at radius 3 is 2.81 bits per heavy atom. The van der Waals surface area contributed by atoms with Crippen LogP contribution in [-0.2, 0) is 4.79 Å². The average Bonchev–Trinajstić information content (AvgIpc) is 2.84. The topological polar surface area (TPSA) is 63.4 Å². The fourth-order valence-corrected chi connectivity index (χ4v) is 2.91. The standard InChI is InChI=1S/C10H11BrN2O2S/c11-8-3-7(5-16-8)10(15)13-2-1-6(4-13)9(12)14/h3,5-6H,1-2,4H2,(H2,12,14). The minimum atomic E-state index is -0.318. The van der Waals surface area contributed by atoms with Crippen molar-refractivity contribution < 1.29 is 9.59 Å². The molecule has 86 valence electrons. The Hall–Kier alpha value is -0.880. The highest BCUT2D eigenvalue weighted by molar-refractivity contribution is 9.11. The summed E-state index contributed by atoms with van der Waals surface area (Å²) >= 11 is 4.79. The lowest BCUT2D eigenvalue weighted by molar-refractivity contribution is -0.121. The highest BCUT2D eigenvalue weighted by atomic mass is 79.9. The van der Waals surface area contributed by atoms with Gasteiger partial charge >= 0.3 is 0 Å². The Bertz CT molecular complexity index is 432. The molecule has 0 spiro atoms. The van der Waals surface area contributed by atoms with Gasteiger partial charge in [-0.15, -0.1) is 11.3 Å². The second kappa shape index (κ2) is 4.55. The van der Waals surface area contributed by atoms with Crippen LogP contribution in [0.2, 0.25) is 0 Å². The molecule has 0 saturated carbocycles. The monoisotopic (exact) mass is 302 g/mol. The number of rotatable bonds is 2. The summed E-state index contributed by atoms with van der Waals surface area (Å²) in [5.41, 5.74) is 5.89. The van der Waals surface area contributed by atoms with E-state index in [2.05, 4.69) is 15.9 Å². The third kappa shape index (κ3) is 2.27. The Morgan fingerprint density at radius 1 is 1.56 bits per heavy atom. The lowest BCUT2D eigenvalue weighted by Crippen LogP contribution is -2.31. The average molecular weight is 303 g/mol. The Labute approximate surface area is 106 Å². The molecule has 0 bridgehead atoms. The highest BCUT2D eigenvalue weighted by Crippen LogP contribution is 2.24. The summed E-state index contributed by atoms with van der Waals surface area (Å²) in [6, 6.07) is 1.80. The molecule has 0 radical (unpaired) electrons. The number of hydrogen-bond donors (Lipinski definition) is 1. The van der Waals surface area contributed by atoms with Crippen molar-refractivity contribution in [2.75, 3.05) is 13.1 Å². The van der Waals surface area contributed by atoms with E-state index in [9.17, 15) is 9.59 Å². The summed E-state index contributed by atoms with van der Waals surface area (Å²) in [4.78, 5) is 24.7. The van der Waals surface area contributed by atoms with Crippen molar-refractivity contribution in [2.45, 2.75) is 6.42 Å². The van der Waals surface area contributed by atoms with Gasteiger partial charge in [0, 0.05) is 18.5 Å². The van der Waals surface area contributed by atoms with Gasteiger partial charge in [-0.1, -0.05) is 0 Å². The van der Waals surface area contributed by atoms with Gasteiger partial charge in [0.05, 0.1) is 15.3 Å². The molecule has 2 N–H and O–H groups in total. The van der Waals surface area contributed by atoms with Gasteiger partial charge < -0.3 is 10.6 Å². The van der Waals surface area contributed by atoms with Crippen molar-refractivity contribution in [3.05, 3.63) is 20.8 Å². The van der Waals surface area contributed by atoms with Gasteiger partial charge in [-0.25, -0.2) is 0 Å². The number of nitrogens with two attached hydrogens (primary N) is 1. The minimum absolute atomic E-state index is 0.0225. The first-order valence-electron chi connectivity index (χ1n) is 4.90. The molecule has 1 unspecified atom stereocenters. The molecule has 2 heterocycles. The highest BCUT2D eigenvalue weighted by Gasteiger charge is 2.30. The van der Waals surface area contributed by atoms with Gasteiger partial charge in [0.2, 0.25) is 5.91 Å². The summed E-state index contributed by atoms with van der Waals surface area (Å²) in [5, 5.41) is 1.81. The number of thiophene rings is 1. The SMILES string of the molecule is NC(=O)C1CCN(C(=O)c2csc(Br)c2)C1. The first-order chi connectivity index (χ1) is 7.58. The van der Waals surface area contributed by atoms with Crippen molar-refractivity contribution in [2.24, 2.45) is 11.7 Å². The van der Waals surface area contributed by atoms with Crippen LogP contribution in [0.1, 0.15) is 16.8 Å². The second-order valence-corrected chi connectivity index (χ2v) is 6.07. The molecule has 2 amide bonds. The lowest BCUT2D eigenvalue weighted by Gasteiger charge is -2.14. The van der Waals surface area contributed by atoms with Crippen molar-refractivity contribution in [1.82, 2.24) is 4.90 Å². The van der Waals surface area contributed by atoms with Crippen LogP contribution in [0.25, 0.3) is 0 Å². The van der Waals surface area contributed by atoms with Crippen molar-refractivity contribution in [3.63, 3.8) is 0 Å². The van der Waals surface area contributed by atoms with Crippen LogP contribution < -0.4 is 5.73 Å². The van der Waals surface area contributed by atoms with E-state index < -0.39 is 0 Å². The quantitative estimate of drug-likeness (QED) is 0.899. The Morgan fingerprint density at radius 2 is 2.31 bits per heavy atom. The number of nitrogens with zero attached hydrogens (tertiary/aromatic N) is 1. The molecule has 1 aliphatic rings. The normalized spacial score (nSPS) is 20.1. The van der Waals surface area contributed by atoms with Crippen LogP contribution in [0.3, 0.4) is 0 Å². The minimum Gasteiger partial charge on any atom is -0.369 e. The Kier molecular flexibility index (Phi) is 3.30. The maximum atomic E-state index is 12.0. The summed E-state index contributed by atoms with van der Waals surface area (Å²) in [5.74, 6) is -0.529. The van der Waals surface area contributed by atoms with E-state index in [1.165, 1.54) is 11.3 Å². The van der Waals surface area contributed by atoms with Gasteiger partial charge in [0.25, 0.3) is 5.91 Å². The first-order valence-corrected chi connectivity index (χ1v) is 6.58. The number of carbonyl (C=O) groups excluding carboxylic acids is 2. The van der Waals surface area contributed by atoms with E-state index in [4.69, 9.17) is 5.73 Å². The number of likely N-dealkylation sites (tertiary alicyclic amines) is 1. The van der Waals surface area contributed by atoms with E-state index in [1.54, 1.807) is 11.0 Å². The summed E-state index contributed by atoms with van der Waals surface area (Å²) in [7, 11) is 0. The fraction of sp³-hybridized carbons (Fsp3) is 0.400. The van der Waals surface area contributed by atoms with Gasteiger partial charge in [0.15, 0.2) is 0 Å². The van der Waals surface area contributed by atoms with Gasteiger partial charge in [-0.05, 0) is 28.4 Å². The maximum absolute atomic E-state index is 12.0. The van der Waals surface area contributed by atoms with Crippen LogP contribution >= 0.6 is 27.3 Å². The fourth-order valence-electron chi connectivity index (χ4n) is 1.78. The molecule has 2 rings (SSSR count). The van der Waals surface area contributed by atoms with Gasteiger partial charge in [0.1, 0.15) is 0 Å². The van der Waals surface area contributed by atoms with E-state index in [1.807, 2.05) is 5.38 Å². The summed E-state index contributed by atoms with van der Waals surface area (Å²) < 4.78 is 0.932. The molecule has 16 heavy (non-hydrogen) atoms. The zero-order chi connectivity index (χ0) is 11.7. The smallest absolute Gasteiger partial charge is 0.254 e. The molecular formula is C10H11BrN2O2S. The van der Waals surface area contributed by atoms with E-state index in [0.29, 0.717) is 25.1 Å². The summed E-state index contributed by atoms with van der Waals surface area (Å²) in [6.45, 7) is 1.06. The zero-order valence-electron chi connectivity index (χ0n) is 8.48.